The Bertz CT molecular complexity index is 465. The zero-order chi connectivity index (χ0) is 13.8. The summed E-state index contributed by atoms with van der Waals surface area (Å²) in [4.78, 5) is 26.9. The first-order valence-electron chi connectivity index (χ1n) is 6.13. The quantitative estimate of drug-likeness (QED) is 0.779. The number of nitrogen functional groups attached to an aromatic ring is 1. The number of carbonyl (C=O) groups excluding carboxylic acids is 2. The van der Waals surface area contributed by atoms with Crippen LogP contribution in [0, 0.1) is 0 Å². The molecule has 1 aromatic rings. The highest BCUT2D eigenvalue weighted by molar-refractivity contribution is 5.98. The van der Waals surface area contributed by atoms with E-state index < -0.39 is 0 Å². The minimum absolute atomic E-state index is 0.172. The molecule has 2 amide bonds. The van der Waals surface area contributed by atoms with Crippen LogP contribution < -0.4 is 5.73 Å². The lowest BCUT2D eigenvalue weighted by molar-refractivity contribution is 0.0571. The summed E-state index contributed by atoms with van der Waals surface area (Å²) >= 11 is 0. The summed E-state index contributed by atoms with van der Waals surface area (Å²) in [6.45, 7) is 3.96. The third-order valence-electron chi connectivity index (χ3n) is 2.99. The van der Waals surface area contributed by atoms with E-state index in [4.69, 9.17) is 10.5 Å². The molecule has 2 heterocycles. The highest BCUT2D eigenvalue weighted by Gasteiger charge is 2.26. The second kappa shape index (κ2) is 5.59. The lowest BCUT2D eigenvalue weighted by Crippen LogP contribution is -2.50. The van der Waals surface area contributed by atoms with Crippen molar-refractivity contribution in [2.24, 2.45) is 0 Å². The number of ether oxygens (including phenoxy) is 1. The lowest BCUT2D eigenvalue weighted by atomic mass is 10.2. The summed E-state index contributed by atoms with van der Waals surface area (Å²) in [5, 5.41) is 6.25. The molecule has 104 valence electrons. The van der Waals surface area contributed by atoms with Gasteiger partial charge in [0.1, 0.15) is 11.4 Å². The second-order valence-electron chi connectivity index (χ2n) is 4.18. The van der Waals surface area contributed by atoms with E-state index in [1.165, 1.54) is 6.20 Å². The van der Waals surface area contributed by atoms with E-state index in [1.807, 2.05) is 0 Å². The van der Waals surface area contributed by atoms with Gasteiger partial charge in [-0.25, -0.2) is 4.79 Å². The number of aromatic nitrogens is 2. The Balaban J connectivity index is 1.92. The average molecular weight is 267 g/mol. The molecule has 0 aromatic carbocycles. The number of carbonyl (C=O) groups is 2. The molecule has 1 aromatic heterocycles. The molecule has 0 radical (unpaired) electrons. The molecule has 0 saturated carbocycles. The van der Waals surface area contributed by atoms with Gasteiger partial charge in [-0.3, -0.25) is 9.89 Å². The molecule has 0 aliphatic carbocycles. The molecule has 1 aliphatic rings. The summed E-state index contributed by atoms with van der Waals surface area (Å²) in [5.41, 5.74) is 5.98. The number of piperazine rings is 1. The molecule has 0 bridgehead atoms. The molecule has 0 spiro atoms. The van der Waals surface area contributed by atoms with Gasteiger partial charge in [0.15, 0.2) is 0 Å². The van der Waals surface area contributed by atoms with Crippen molar-refractivity contribution in [3.05, 3.63) is 11.8 Å². The van der Waals surface area contributed by atoms with Crippen molar-refractivity contribution in [3.63, 3.8) is 0 Å². The zero-order valence-corrected chi connectivity index (χ0v) is 10.8. The summed E-state index contributed by atoms with van der Waals surface area (Å²) in [6, 6.07) is 0. The molecular formula is C11H17N5O3. The minimum atomic E-state index is -0.336. The molecule has 8 nitrogen and oxygen atoms in total. The second-order valence-corrected chi connectivity index (χ2v) is 4.18. The van der Waals surface area contributed by atoms with Gasteiger partial charge in [0.25, 0.3) is 5.91 Å². The lowest BCUT2D eigenvalue weighted by Gasteiger charge is -2.33. The number of nitrogens with two attached hydrogens (primary N) is 1. The van der Waals surface area contributed by atoms with Gasteiger partial charge in [-0.05, 0) is 6.92 Å². The number of nitrogens with zero attached hydrogens (tertiary/aromatic N) is 3. The molecule has 19 heavy (non-hydrogen) atoms. The van der Waals surface area contributed by atoms with Crippen LogP contribution in [-0.2, 0) is 4.74 Å². The van der Waals surface area contributed by atoms with Gasteiger partial charge >= 0.3 is 6.09 Å². The van der Waals surface area contributed by atoms with Crippen LogP contribution in [0.1, 0.15) is 17.3 Å². The van der Waals surface area contributed by atoms with Gasteiger partial charge in [0.05, 0.1) is 12.8 Å². The Morgan fingerprint density at radius 1 is 1.37 bits per heavy atom. The van der Waals surface area contributed by atoms with Crippen molar-refractivity contribution in [2.45, 2.75) is 6.92 Å². The van der Waals surface area contributed by atoms with Crippen LogP contribution in [-0.4, -0.2) is 64.8 Å². The number of amides is 2. The van der Waals surface area contributed by atoms with Crippen molar-refractivity contribution in [1.29, 1.82) is 0 Å². The SMILES string of the molecule is CCOC(=O)N1CCN(C(=O)c2cn[nH]c2N)CC1. The van der Waals surface area contributed by atoms with E-state index in [0.717, 1.165) is 0 Å². The van der Waals surface area contributed by atoms with Crippen molar-refractivity contribution < 1.29 is 14.3 Å². The molecule has 0 atom stereocenters. The first-order chi connectivity index (χ1) is 9.13. The third kappa shape index (κ3) is 2.78. The van der Waals surface area contributed by atoms with Crippen LogP contribution in [0.4, 0.5) is 10.6 Å². The highest BCUT2D eigenvalue weighted by Crippen LogP contribution is 2.12. The zero-order valence-electron chi connectivity index (χ0n) is 10.8. The molecule has 3 N–H and O–H groups in total. The van der Waals surface area contributed by atoms with Gasteiger partial charge in [0, 0.05) is 26.2 Å². The van der Waals surface area contributed by atoms with Crippen molar-refractivity contribution in [1.82, 2.24) is 20.0 Å². The van der Waals surface area contributed by atoms with Crippen molar-refractivity contribution in [3.8, 4) is 0 Å². The Morgan fingerprint density at radius 2 is 2.00 bits per heavy atom. The molecule has 0 unspecified atom stereocenters. The van der Waals surface area contributed by atoms with E-state index in [9.17, 15) is 9.59 Å². The Kier molecular flexibility index (Phi) is 3.88. The van der Waals surface area contributed by atoms with Gasteiger partial charge in [-0.15, -0.1) is 0 Å². The fourth-order valence-electron chi connectivity index (χ4n) is 1.94. The largest absolute Gasteiger partial charge is 0.450 e. The van der Waals surface area contributed by atoms with Crippen LogP contribution >= 0.6 is 0 Å². The smallest absolute Gasteiger partial charge is 0.409 e. The van der Waals surface area contributed by atoms with Crippen LogP contribution in [0.2, 0.25) is 0 Å². The topological polar surface area (TPSA) is 105 Å². The maximum absolute atomic E-state index is 12.1. The van der Waals surface area contributed by atoms with E-state index >= 15 is 0 Å². The van der Waals surface area contributed by atoms with E-state index in [1.54, 1.807) is 16.7 Å². The third-order valence-corrected chi connectivity index (χ3v) is 2.99. The molecule has 1 aliphatic heterocycles. The predicted molar refractivity (Wildman–Crippen MR) is 67.5 cm³/mol. The maximum atomic E-state index is 12.1. The van der Waals surface area contributed by atoms with Crippen LogP contribution in [0.15, 0.2) is 6.20 Å². The van der Waals surface area contributed by atoms with Gasteiger partial charge in [-0.1, -0.05) is 0 Å². The van der Waals surface area contributed by atoms with Gasteiger partial charge in [0.2, 0.25) is 0 Å². The molecule has 2 rings (SSSR count). The number of aromatic amines is 1. The first kappa shape index (κ1) is 13.2. The normalized spacial score (nSPS) is 15.4. The molecule has 1 fully saturated rings. The summed E-state index contributed by atoms with van der Waals surface area (Å²) < 4.78 is 4.92. The van der Waals surface area contributed by atoms with E-state index in [2.05, 4.69) is 10.2 Å². The number of hydrogen-bond acceptors (Lipinski definition) is 5. The van der Waals surface area contributed by atoms with Gasteiger partial charge < -0.3 is 20.3 Å². The number of anilines is 1. The molecule has 1 saturated heterocycles. The van der Waals surface area contributed by atoms with E-state index in [0.29, 0.717) is 38.3 Å². The summed E-state index contributed by atoms with van der Waals surface area (Å²) in [6.07, 6.45) is 1.08. The molecule has 8 heteroatoms. The number of hydrogen-bond donors (Lipinski definition) is 2. The minimum Gasteiger partial charge on any atom is -0.450 e. The summed E-state index contributed by atoms with van der Waals surface area (Å²) in [7, 11) is 0. The Morgan fingerprint density at radius 3 is 2.53 bits per heavy atom. The number of nitrogens with one attached hydrogen (secondary N) is 1. The Labute approximate surface area is 110 Å². The summed E-state index contributed by atoms with van der Waals surface area (Å²) in [5.74, 6) is 0.0904. The van der Waals surface area contributed by atoms with Crippen LogP contribution in [0.25, 0.3) is 0 Å². The fraction of sp³-hybridized carbons (Fsp3) is 0.545. The predicted octanol–water partition coefficient (Wildman–Crippen LogP) is -0.0938. The van der Waals surface area contributed by atoms with Crippen LogP contribution in [0.5, 0.6) is 0 Å². The standard InChI is InChI=1S/C11H17N5O3/c1-2-19-11(18)16-5-3-15(4-6-16)10(17)8-7-13-14-9(8)12/h7H,2-6H2,1H3,(H3,12,13,14). The highest BCUT2D eigenvalue weighted by atomic mass is 16.6. The van der Waals surface area contributed by atoms with E-state index in [-0.39, 0.29) is 17.8 Å². The maximum Gasteiger partial charge on any atom is 0.409 e. The van der Waals surface area contributed by atoms with Crippen molar-refractivity contribution >= 4 is 17.8 Å². The Hall–Kier alpha value is -2.25. The first-order valence-corrected chi connectivity index (χ1v) is 6.13. The van der Waals surface area contributed by atoms with Crippen molar-refractivity contribution in [2.75, 3.05) is 38.5 Å². The average Bonchev–Trinajstić information content (AvgIpc) is 2.84. The van der Waals surface area contributed by atoms with Crippen LogP contribution in [0.3, 0.4) is 0 Å². The fourth-order valence-corrected chi connectivity index (χ4v) is 1.94. The molecular weight excluding hydrogens is 250 g/mol. The monoisotopic (exact) mass is 267 g/mol. The number of rotatable bonds is 2. The number of H-pyrrole nitrogens is 1. The van der Waals surface area contributed by atoms with Gasteiger partial charge in [-0.2, -0.15) is 5.10 Å².